The first kappa shape index (κ1) is 78.5. The molecule has 3 aliphatic rings. The molecule has 3 heterocycles. The Morgan fingerprint density at radius 3 is 1.57 bits per heavy atom. The first-order chi connectivity index (χ1) is 41.9. The van der Waals surface area contributed by atoms with Crippen LogP contribution in [-0.4, -0.2) is 215 Å². The van der Waals surface area contributed by atoms with Crippen molar-refractivity contribution in [3.63, 3.8) is 0 Å². The van der Waals surface area contributed by atoms with E-state index in [1.54, 1.807) is 6.08 Å². The monoisotopic (exact) mass is 1250 g/mol. The van der Waals surface area contributed by atoms with E-state index in [0.29, 0.717) is 12.8 Å². The number of rotatable bonds is 49. The number of hydrogen-bond donors (Lipinski definition) is 14. The minimum absolute atomic E-state index is 0.195. The van der Waals surface area contributed by atoms with Crippen molar-refractivity contribution in [2.75, 3.05) is 26.4 Å². The molecule has 87 heavy (non-hydrogen) atoms. The molecule has 0 aromatic carbocycles. The number of carbonyl (C=O) groups is 3. The van der Waals surface area contributed by atoms with Gasteiger partial charge in [0.2, 0.25) is 11.8 Å². The van der Waals surface area contributed by atoms with Crippen molar-refractivity contribution >= 4 is 17.8 Å². The molecule has 23 heteroatoms. The van der Waals surface area contributed by atoms with Crippen LogP contribution in [0.1, 0.15) is 226 Å². The molecule has 3 rings (SSSR count). The van der Waals surface area contributed by atoms with E-state index in [-0.39, 0.29) is 12.3 Å². The van der Waals surface area contributed by atoms with Crippen molar-refractivity contribution in [2.45, 2.75) is 336 Å². The van der Waals surface area contributed by atoms with Gasteiger partial charge in [0, 0.05) is 19.8 Å². The molecule has 0 saturated carbocycles. The fraction of sp³-hybridized carbons (Fsp3) is 0.891. The lowest BCUT2D eigenvalue weighted by Gasteiger charge is -2.50. The number of carboxylic acids is 1. The molecule has 0 aromatic heterocycles. The van der Waals surface area contributed by atoms with Gasteiger partial charge in [-0.05, 0) is 44.9 Å². The van der Waals surface area contributed by atoms with Gasteiger partial charge >= 0.3 is 5.97 Å². The lowest BCUT2D eigenvalue weighted by atomic mass is 9.88. The summed E-state index contributed by atoms with van der Waals surface area (Å²) in [6, 6.07) is -2.62. The highest BCUT2D eigenvalue weighted by molar-refractivity contribution is 5.77. The average Bonchev–Trinajstić information content (AvgIpc) is 1.02. The number of aliphatic hydroxyl groups excluding tert-OH is 11. The summed E-state index contributed by atoms with van der Waals surface area (Å²) in [4.78, 5) is 38.5. The van der Waals surface area contributed by atoms with Crippen LogP contribution in [0.5, 0.6) is 0 Å². The molecule has 23 nitrogen and oxygen atoms in total. The number of amides is 2. The SMILES string of the molecule is CCCCCC/C=C\CCCCCCCCCC(=O)NC(COC1OC(CO)C(OC2OC(CO)C(O)C(OC3(C(=O)O)CC(O)C(NC(C)=O)C(C(O)C(O)CO)O3)C2O)C(O)C1O)C(O)/C=C/CCCCCCCCCCCCCCCCCC. The van der Waals surface area contributed by atoms with E-state index in [9.17, 15) is 75.7 Å². The van der Waals surface area contributed by atoms with Crippen LogP contribution in [0.2, 0.25) is 0 Å². The van der Waals surface area contributed by atoms with E-state index < -0.39 is 155 Å². The van der Waals surface area contributed by atoms with Gasteiger partial charge in [-0.25, -0.2) is 4.79 Å². The van der Waals surface area contributed by atoms with Gasteiger partial charge < -0.3 is 100 Å². The van der Waals surface area contributed by atoms with Crippen LogP contribution in [-0.2, 0) is 42.8 Å². The number of carbonyl (C=O) groups excluding carboxylic acids is 2. The molecule has 18 unspecified atom stereocenters. The molecule has 14 N–H and O–H groups in total. The van der Waals surface area contributed by atoms with Crippen molar-refractivity contribution in [1.82, 2.24) is 10.6 Å². The van der Waals surface area contributed by atoms with Gasteiger partial charge in [0.1, 0.15) is 67.1 Å². The zero-order valence-corrected chi connectivity index (χ0v) is 52.6. The number of carboxylic acid groups (broad SMARTS) is 1. The van der Waals surface area contributed by atoms with E-state index in [1.807, 2.05) is 6.08 Å². The van der Waals surface area contributed by atoms with E-state index >= 15 is 0 Å². The van der Waals surface area contributed by atoms with Gasteiger partial charge in [-0.2, -0.15) is 0 Å². The van der Waals surface area contributed by atoms with Crippen LogP contribution in [0.25, 0.3) is 0 Å². The standard InChI is InChI=1S/C64H116N2O21/c1-4-6-8-10-12-14-16-18-20-21-22-24-25-27-29-31-33-35-37-46(71)45(66-51(74)38-36-34-32-30-28-26-23-19-17-15-13-11-9-7-5-2)43-82-61-56(78)55(77)58(50(42-69)84-61)85-62-57(79)60(54(76)49(41-68)83-62)87-64(63(80)81)39-47(72)52(65-44(3)70)59(86-64)53(75)48(73)40-67/h15,17,35,37,45-50,52-62,67-69,71-73,75-79H,4-14,16,18-34,36,38-43H2,1-3H3,(H,65,70)(H,66,74)(H,80,81)/b17-15-,37-35+. The first-order valence-electron chi connectivity index (χ1n) is 33.2. The molecular formula is C64H116N2O21. The van der Waals surface area contributed by atoms with Gasteiger partial charge in [0.05, 0.1) is 50.7 Å². The van der Waals surface area contributed by atoms with Gasteiger partial charge in [0.15, 0.2) is 12.6 Å². The maximum Gasteiger partial charge on any atom is 0.364 e. The zero-order valence-electron chi connectivity index (χ0n) is 52.6. The smallest absolute Gasteiger partial charge is 0.364 e. The van der Waals surface area contributed by atoms with Crippen molar-refractivity contribution in [3.05, 3.63) is 24.3 Å². The molecular weight excluding hydrogens is 1130 g/mol. The van der Waals surface area contributed by atoms with Crippen LogP contribution in [0.15, 0.2) is 24.3 Å². The summed E-state index contributed by atoms with van der Waals surface area (Å²) < 4.78 is 34.7. The number of hydrogen-bond acceptors (Lipinski definition) is 20. The Morgan fingerprint density at radius 2 is 1.08 bits per heavy atom. The molecule has 2 amide bonds. The predicted octanol–water partition coefficient (Wildman–Crippen LogP) is 4.89. The van der Waals surface area contributed by atoms with Crippen molar-refractivity contribution < 1.29 is 104 Å². The average molecular weight is 1250 g/mol. The van der Waals surface area contributed by atoms with Crippen molar-refractivity contribution in [2.24, 2.45) is 0 Å². The van der Waals surface area contributed by atoms with Gasteiger partial charge in [-0.15, -0.1) is 0 Å². The lowest BCUT2D eigenvalue weighted by molar-refractivity contribution is -0.386. The summed E-state index contributed by atoms with van der Waals surface area (Å²) in [7, 11) is 0. The fourth-order valence-electron chi connectivity index (χ4n) is 11.5. The summed E-state index contributed by atoms with van der Waals surface area (Å²) in [5, 5.41) is 136. The van der Waals surface area contributed by atoms with E-state index in [2.05, 4.69) is 36.6 Å². The predicted molar refractivity (Wildman–Crippen MR) is 324 cm³/mol. The summed E-state index contributed by atoms with van der Waals surface area (Å²) in [5.41, 5.74) is 0. The second-order valence-corrected chi connectivity index (χ2v) is 24.3. The second kappa shape index (κ2) is 45.5. The Balaban J connectivity index is 1.64. The summed E-state index contributed by atoms with van der Waals surface area (Å²) in [5.74, 6) is -6.15. The highest BCUT2D eigenvalue weighted by Crippen LogP contribution is 2.38. The molecule has 18 atom stereocenters. The Labute approximate surface area is 517 Å². The first-order valence-corrected chi connectivity index (χ1v) is 33.2. The maximum atomic E-state index is 13.4. The highest BCUT2D eigenvalue weighted by Gasteiger charge is 2.60. The molecule has 3 saturated heterocycles. The van der Waals surface area contributed by atoms with Gasteiger partial charge in [-0.1, -0.05) is 186 Å². The molecule has 0 aromatic rings. The van der Waals surface area contributed by atoms with E-state index in [1.165, 1.54) is 109 Å². The quantitative estimate of drug-likeness (QED) is 0.0285. The molecule has 3 aliphatic heterocycles. The van der Waals surface area contributed by atoms with Gasteiger partial charge in [0.25, 0.3) is 5.79 Å². The van der Waals surface area contributed by atoms with Crippen molar-refractivity contribution in [1.29, 1.82) is 0 Å². The van der Waals surface area contributed by atoms with Crippen LogP contribution in [0.4, 0.5) is 0 Å². The van der Waals surface area contributed by atoms with Gasteiger partial charge in [-0.3, -0.25) is 9.59 Å². The molecule has 0 radical (unpaired) electrons. The second-order valence-electron chi connectivity index (χ2n) is 24.3. The van der Waals surface area contributed by atoms with Crippen LogP contribution >= 0.6 is 0 Å². The molecule has 0 spiro atoms. The summed E-state index contributed by atoms with van der Waals surface area (Å²) in [6.45, 7) is 2.11. The molecule has 0 bridgehead atoms. The Hall–Kier alpha value is -2.79. The van der Waals surface area contributed by atoms with Crippen LogP contribution in [0.3, 0.4) is 0 Å². The third-order valence-electron chi connectivity index (χ3n) is 16.9. The number of nitrogens with one attached hydrogen (secondary N) is 2. The molecule has 508 valence electrons. The van der Waals surface area contributed by atoms with Crippen LogP contribution in [0, 0.1) is 0 Å². The number of unbranched alkanes of at least 4 members (excludes halogenated alkanes) is 27. The highest BCUT2D eigenvalue weighted by atomic mass is 16.8. The Bertz CT molecular complexity index is 1870. The third kappa shape index (κ3) is 28.7. The molecule has 3 fully saturated rings. The fourth-order valence-corrected chi connectivity index (χ4v) is 11.5. The Morgan fingerprint density at radius 1 is 0.598 bits per heavy atom. The molecule has 0 aliphatic carbocycles. The van der Waals surface area contributed by atoms with E-state index in [4.69, 9.17) is 28.4 Å². The minimum Gasteiger partial charge on any atom is -0.477 e. The number of ether oxygens (including phenoxy) is 6. The normalized spacial score (nSPS) is 29.3. The Kier molecular flexibility index (Phi) is 41.0. The zero-order chi connectivity index (χ0) is 64.0. The van der Waals surface area contributed by atoms with E-state index in [0.717, 1.165) is 77.6 Å². The number of aliphatic carboxylic acids is 1. The minimum atomic E-state index is -3.08. The number of allylic oxidation sites excluding steroid dienone is 3. The van der Waals surface area contributed by atoms with Crippen LogP contribution < -0.4 is 10.6 Å². The lowest BCUT2D eigenvalue weighted by Crippen LogP contribution is -2.70. The summed E-state index contributed by atoms with van der Waals surface area (Å²) in [6.07, 6.45) is 13.7. The topological polar surface area (TPSA) is 373 Å². The summed E-state index contributed by atoms with van der Waals surface area (Å²) >= 11 is 0. The van der Waals surface area contributed by atoms with Crippen molar-refractivity contribution in [3.8, 4) is 0 Å². The largest absolute Gasteiger partial charge is 0.477 e. The third-order valence-corrected chi connectivity index (χ3v) is 16.9. The number of aliphatic hydroxyl groups is 11. The maximum absolute atomic E-state index is 13.4.